The van der Waals surface area contributed by atoms with Crippen molar-refractivity contribution in [2.24, 2.45) is 0 Å². The molecule has 0 amide bonds. The van der Waals surface area contributed by atoms with Crippen LogP contribution in [0.1, 0.15) is 10.8 Å². The molecule has 0 aliphatic rings. The number of carbonyl (C=O) groups excluding carboxylic acids is 1. The quantitative estimate of drug-likeness (QED) is 0.690. The number of hydrogen-bond donors (Lipinski definition) is 1. The zero-order valence-corrected chi connectivity index (χ0v) is 11.9. The Kier molecular flexibility index (Phi) is 4.38. The van der Waals surface area contributed by atoms with Gasteiger partial charge in [-0.1, -0.05) is 39.8 Å². The van der Waals surface area contributed by atoms with Gasteiger partial charge in [-0.15, -0.1) is 5.10 Å². The van der Waals surface area contributed by atoms with Gasteiger partial charge in [0.25, 0.3) is 0 Å². The molecule has 1 aromatic carbocycles. The lowest BCUT2D eigenvalue weighted by atomic mass is 10.1. The number of halogens is 1. The smallest absolute Gasteiger partial charge is 0.323 e. The zero-order chi connectivity index (χ0) is 13.0. The van der Waals surface area contributed by atoms with Crippen LogP contribution in [0.25, 0.3) is 0 Å². The molecule has 0 aliphatic carbocycles. The molecule has 0 saturated heterocycles. The monoisotopic (exact) mass is 327 g/mol. The number of benzene rings is 1. The predicted octanol–water partition coefficient (Wildman–Crippen LogP) is 2.57. The molecule has 0 aliphatic heterocycles. The Hall–Kier alpha value is -1.34. The molecule has 0 spiro atoms. The molecule has 2 rings (SSSR count). The summed E-state index contributed by atoms with van der Waals surface area (Å²) in [6.07, 6.45) is 1.57. The molecule has 2 aromatic rings. The number of rotatable bonds is 4. The molecule has 1 heterocycles. The number of H-pyrrole nitrogens is 1. The van der Waals surface area contributed by atoms with E-state index in [0.29, 0.717) is 5.03 Å². The summed E-state index contributed by atoms with van der Waals surface area (Å²) in [5, 5.41) is 10.3. The number of thioether (sulfide) groups is 1. The van der Waals surface area contributed by atoms with Gasteiger partial charge in [0.15, 0.2) is 0 Å². The van der Waals surface area contributed by atoms with Crippen LogP contribution in [0.4, 0.5) is 0 Å². The number of nitrogens with one attached hydrogen (secondary N) is 1. The average molecular weight is 328 g/mol. The lowest BCUT2D eigenvalue weighted by Crippen LogP contribution is -2.11. The Bertz CT molecular complexity index is 533. The van der Waals surface area contributed by atoms with Gasteiger partial charge in [-0.25, -0.2) is 0 Å². The number of aromatic amines is 1. The zero-order valence-electron chi connectivity index (χ0n) is 9.46. The summed E-state index contributed by atoms with van der Waals surface area (Å²) in [4.78, 5) is 11.8. The van der Waals surface area contributed by atoms with Crippen molar-refractivity contribution >= 4 is 33.7 Å². The fraction of sp³-hybridized carbons (Fsp3) is 0.182. The average Bonchev–Trinajstić information content (AvgIpc) is 2.88. The van der Waals surface area contributed by atoms with Crippen molar-refractivity contribution in [2.75, 3.05) is 7.11 Å². The minimum absolute atomic E-state index is 0.318. The van der Waals surface area contributed by atoms with Crippen LogP contribution in [0.15, 0.2) is 40.0 Å². The maximum atomic E-state index is 11.8. The van der Waals surface area contributed by atoms with E-state index in [9.17, 15) is 4.79 Å². The van der Waals surface area contributed by atoms with Gasteiger partial charge < -0.3 is 4.74 Å². The molecule has 1 aromatic heterocycles. The maximum Gasteiger partial charge on any atom is 0.323 e. The molecule has 0 fully saturated rings. The van der Waals surface area contributed by atoms with Crippen LogP contribution in [0.2, 0.25) is 0 Å². The minimum atomic E-state index is -0.461. The number of carbonyl (C=O) groups is 1. The highest BCUT2D eigenvalue weighted by molar-refractivity contribution is 9.10. The van der Waals surface area contributed by atoms with Gasteiger partial charge in [-0.3, -0.25) is 4.79 Å². The molecule has 0 saturated carbocycles. The molecule has 0 bridgehead atoms. The van der Waals surface area contributed by atoms with E-state index < -0.39 is 5.25 Å². The van der Waals surface area contributed by atoms with Gasteiger partial charge in [0.1, 0.15) is 10.3 Å². The Morgan fingerprint density at radius 3 is 3.00 bits per heavy atom. The van der Waals surface area contributed by atoms with E-state index in [1.54, 1.807) is 6.20 Å². The number of ether oxygens (including phenoxy) is 1. The van der Waals surface area contributed by atoms with Crippen LogP contribution in [-0.2, 0) is 9.53 Å². The lowest BCUT2D eigenvalue weighted by Gasteiger charge is -2.13. The number of methoxy groups -OCH3 is 1. The maximum absolute atomic E-state index is 11.8. The van der Waals surface area contributed by atoms with E-state index in [-0.39, 0.29) is 5.97 Å². The normalized spacial score (nSPS) is 12.1. The van der Waals surface area contributed by atoms with Gasteiger partial charge in [-0.2, -0.15) is 10.3 Å². The first kappa shape index (κ1) is 13.1. The molecular weight excluding hydrogens is 318 g/mol. The van der Waals surface area contributed by atoms with Crippen LogP contribution in [0.3, 0.4) is 0 Å². The van der Waals surface area contributed by atoms with Crippen molar-refractivity contribution < 1.29 is 9.53 Å². The van der Waals surface area contributed by atoms with Gasteiger partial charge in [0, 0.05) is 4.47 Å². The van der Waals surface area contributed by atoms with Crippen LogP contribution < -0.4 is 0 Å². The van der Waals surface area contributed by atoms with Crippen LogP contribution in [0.5, 0.6) is 0 Å². The summed E-state index contributed by atoms with van der Waals surface area (Å²) in [6.45, 7) is 0. The van der Waals surface area contributed by atoms with Crippen LogP contribution in [0, 0.1) is 0 Å². The second kappa shape index (κ2) is 6.01. The van der Waals surface area contributed by atoms with E-state index in [1.165, 1.54) is 18.9 Å². The third-order valence-electron chi connectivity index (χ3n) is 2.20. The molecule has 18 heavy (non-hydrogen) atoms. The second-order valence-electron chi connectivity index (χ2n) is 3.38. The molecule has 1 atom stereocenters. The molecule has 1 N–H and O–H groups in total. The van der Waals surface area contributed by atoms with Crippen molar-refractivity contribution in [3.8, 4) is 0 Å². The first-order chi connectivity index (χ1) is 8.70. The molecule has 5 nitrogen and oxygen atoms in total. The summed E-state index contributed by atoms with van der Waals surface area (Å²) in [5.74, 6) is -0.318. The van der Waals surface area contributed by atoms with Crippen molar-refractivity contribution in [3.05, 3.63) is 40.5 Å². The van der Waals surface area contributed by atoms with Gasteiger partial charge in [0.05, 0.1) is 13.3 Å². The summed E-state index contributed by atoms with van der Waals surface area (Å²) in [5.41, 5.74) is 0.851. The van der Waals surface area contributed by atoms with Crippen molar-refractivity contribution in [1.82, 2.24) is 15.4 Å². The molecule has 1 unspecified atom stereocenters. The molecule has 94 valence electrons. The van der Waals surface area contributed by atoms with Gasteiger partial charge in [0.2, 0.25) is 0 Å². The van der Waals surface area contributed by atoms with Gasteiger partial charge >= 0.3 is 5.97 Å². The van der Waals surface area contributed by atoms with E-state index in [2.05, 4.69) is 31.3 Å². The molecular formula is C11H10BrN3O2S. The number of hydrogen-bond acceptors (Lipinski definition) is 5. The molecule has 0 radical (unpaired) electrons. The third-order valence-corrected chi connectivity index (χ3v) is 3.83. The summed E-state index contributed by atoms with van der Waals surface area (Å²) < 4.78 is 5.73. The number of aromatic nitrogens is 3. The topological polar surface area (TPSA) is 67.9 Å². The summed E-state index contributed by atoms with van der Waals surface area (Å²) in [7, 11) is 1.37. The van der Waals surface area contributed by atoms with E-state index in [0.717, 1.165) is 10.0 Å². The van der Waals surface area contributed by atoms with Crippen molar-refractivity contribution in [2.45, 2.75) is 10.3 Å². The highest BCUT2D eigenvalue weighted by atomic mass is 79.9. The summed E-state index contributed by atoms with van der Waals surface area (Å²) in [6, 6.07) is 7.53. The second-order valence-corrected chi connectivity index (χ2v) is 5.43. The summed E-state index contributed by atoms with van der Waals surface area (Å²) >= 11 is 4.67. The van der Waals surface area contributed by atoms with E-state index >= 15 is 0 Å². The fourth-order valence-electron chi connectivity index (χ4n) is 1.40. The van der Waals surface area contributed by atoms with E-state index in [4.69, 9.17) is 4.74 Å². The minimum Gasteiger partial charge on any atom is -0.468 e. The van der Waals surface area contributed by atoms with Crippen LogP contribution >= 0.6 is 27.7 Å². The lowest BCUT2D eigenvalue weighted by molar-refractivity contribution is -0.140. The number of nitrogens with zero attached hydrogens (tertiary/aromatic N) is 2. The predicted molar refractivity (Wildman–Crippen MR) is 71.1 cm³/mol. The Labute approximate surface area is 116 Å². The van der Waals surface area contributed by atoms with E-state index in [1.807, 2.05) is 24.3 Å². The van der Waals surface area contributed by atoms with Crippen molar-refractivity contribution in [3.63, 3.8) is 0 Å². The standard InChI is InChI=1S/C11H10BrN3O2S/c1-17-11(16)10(18-9-6-13-15-14-9)7-3-2-4-8(12)5-7/h2-6,10H,1H3,(H,13,14,15). The first-order valence-corrected chi connectivity index (χ1v) is 6.73. The highest BCUT2D eigenvalue weighted by Gasteiger charge is 2.24. The Morgan fingerprint density at radius 2 is 2.39 bits per heavy atom. The Balaban J connectivity index is 2.28. The van der Waals surface area contributed by atoms with Crippen LogP contribution in [-0.4, -0.2) is 28.5 Å². The van der Waals surface area contributed by atoms with Crippen molar-refractivity contribution in [1.29, 1.82) is 0 Å². The fourth-order valence-corrected chi connectivity index (χ4v) is 2.74. The SMILES string of the molecule is COC(=O)C(Sc1cn[nH]n1)c1cccc(Br)c1. The van der Waals surface area contributed by atoms with Gasteiger partial charge in [-0.05, 0) is 17.7 Å². The Morgan fingerprint density at radius 1 is 1.56 bits per heavy atom. The molecule has 7 heteroatoms. The largest absolute Gasteiger partial charge is 0.468 e. The third kappa shape index (κ3) is 3.11. The number of esters is 1. The first-order valence-electron chi connectivity index (χ1n) is 5.06. The highest BCUT2D eigenvalue weighted by Crippen LogP contribution is 2.35.